The lowest BCUT2D eigenvalue weighted by Crippen LogP contribution is -1.95. The van der Waals surface area contributed by atoms with E-state index in [0.717, 1.165) is 27.6 Å². The Labute approximate surface area is 181 Å². The molecule has 0 aliphatic carbocycles. The first-order chi connectivity index (χ1) is 14.7. The fourth-order valence-corrected chi connectivity index (χ4v) is 4.41. The topological polar surface area (TPSA) is 57.4 Å². The zero-order chi connectivity index (χ0) is 20.9. The number of aromatic nitrogens is 2. The van der Waals surface area contributed by atoms with Gasteiger partial charge in [-0.1, -0.05) is 11.8 Å². The maximum Gasteiger partial charge on any atom is 0.256 e. The van der Waals surface area contributed by atoms with E-state index in [9.17, 15) is 4.39 Å². The summed E-state index contributed by atoms with van der Waals surface area (Å²) in [6.07, 6.45) is 1.65. The van der Waals surface area contributed by atoms with Crippen LogP contribution >= 0.6 is 23.1 Å². The highest BCUT2D eigenvalue weighted by atomic mass is 32.2. The van der Waals surface area contributed by atoms with Crippen LogP contribution in [0.5, 0.6) is 11.5 Å². The van der Waals surface area contributed by atoms with Gasteiger partial charge in [0.2, 0.25) is 0 Å². The molecule has 5 nitrogen and oxygen atoms in total. The number of halogens is 1. The number of oxazole rings is 1. The second kappa shape index (κ2) is 9.32. The van der Waals surface area contributed by atoms with Crippen molar-refractivity contribution in [1.29, 1.82) is 0 Å². The molecule has 0 atom stereocenters. The molecule has 0 aliphatic rings. The molecule has 2 aromatic carbocycles. The van der Waals surface area contributed by atoms with E-state index in [1.807, 2.05) is 30.5 Å². The molecule has 0 saturated carbocycles. The number of benzene rings is 2. The Kier molecular flexibility index (Phi) is 6.35. The van der Waals surface area contributed by atoms with Crippen molar-refractivity contribution in [3.63, 3.8) is 0 Å². The second-order valence-corrected chi connectivity index (χ2v) is 8.01. The third kappa shape index (κ3) is 4.66. The van der Waals surface area contributed by atoms with Crippen LogP contribution in [0, 0.1) is 5.82 Å². The summed E-state index contributed by atoms with van der Waals surface area (Å²) in [6, 6.07) is 12.0. The monoisotopic (exact) mass is 442 g/mol. The highest BCUT2D eigenvalue weighted by molar-refractivity contribution is 7.98. The summed E-state index contributed by atoms with van der Waals surface area (Å²) < 4.78 is 29.8. The maximum atomic E-state index is 13.1. The third-order valence-corrected chi connectivity index (χ3v) is 6.03. The number of thioether (sulfide) groups is 1. The quantitative estimate of drug-likeness (QED) is 0.298. The molecule has 0 spiro atoms. The first-order valence-electron chi connectivity index (χ1n) is 9.26. The number of thiazole rings is 1. The zero-order valence-corrected chi connectivity index (χ0v) is 18.1. The second-order valence-electron chi connectivity index (χ2n) is 6.23. The van der Waals surface area contributed by atoms with Gasteiger partial charge in [0.05, 0.1) is 25.6 Å². The molecule has 0 bridgehead atoms. The van der Waals surface area contributed by atoms with Crippen molar-refractivity contribution in [2.24, 2.45) is 0 Å². The average molecular weight is 443 g/mol. The van der Waals surface area contributed by atoms with Crippen LogP contribution in [0.4, 0.5) is 4.39 Å². The van der Waals surface area contributed by atoms with E-state index < -0.39 is 0 Å². The predicted molar refractivity (Wildman–Crippen MR) is 117 cm³/mol. The largest absolute Gasteiger partial charge is 0.493 e. The maximum absolute atomic E-state index is 13.1. The molecular weight excluding hydrogens is 423 g/mol. The molecule has 0 unspecified atom stereocenters. The molecule has 154 valence electrons. The highest BCUT2D eigenvalue weighted by Crippen LogP contribution is 2.35. The van der Waals surface area contributed by atoms with Crippen molar-refractivity contribution in [2.45, 2.75) is 17.9 Å². The van der Waals surface area contributed by atoms with Crippen LogP contribution in [0.1, 0.15) is 12.6 Å². The predicted octanol–water partition coefficient (Wildman–Crippen LogP) is 6.30. The standard InChI is InChI=1S/C22H19FN2O3S2/c1-3-27-18-9-6-15(10-19(18)26-2)21-25-17(12-29-21)13-30-22-24-11-20(28-22)14-4-7-16(23)8-5-14/h4-12H,3,13H2,1-2H3. The van der Waals surface area contributed by atoms with Gasteiger partial charge < -0.3 is 13.9 Å². The van der Waals surface area contributed by atoms with Crippen LogP contribution in [0.15, 0.2) is 63.7 Å². The summed E-state index contributed by atoms with van der Waals surface area (Å²) in [5, 5.41) is 3.48. The molecule has 8 heteroatoms. The van der Waals surface area contributed by atoms with E-state index in [1.54, 1.807) is 36.8 Å². The van der Waals surface area contributed by atoms with E-state index in [4.69, 9.17) is 18.9 Å². The molecule has 2 aromatic heterocycles. The summed E-state index contributed by atoms with van der Waals surface area (Å²) in [6.45, 7) is 2.52. The Hall–Kier alpha value is -2.84. The molecule has 0 saturated heterocycles. The van der Waals surface area contributed by atoms with E-state index in [0.29, 0.717) is 29.1 Å². The average Bonchev–Trinajstić information content (AvgIpc) is 3.43. The lowest BCUT2D eigenvalue weighted by molar-refractivity contribution is 0.311. The van der Waals surface area contributed by atoms with Crippen molar-refractivity contribution in [3.05, 3.63) is 65.6 Å². The fraction of sp³-hybridized carbons (Fsp3) is 0.182. The number of hydrogen-bond donors (Lipinski definition) is 0. The number of rotatable bonds is 8. The van der Waals surface area contributed by atoms with E-state index >= 15 is 0 Å². The smallest absolute Gasteiger partial charge is 0.256 e. The first-order valence-corrected chi connectivity index (χ1v) is 11.1. The SMILES string of the molecule is CCOc1ccc(-c2nc(CSc3ncc(-c4ccc(F)cc4)o3)cs2)cc1OC. The molecule has 4 aromatic rings. The molecule has 30 heavy (non-hydrogen) atoms. The van der Waals surface area contributed by atoms with Crippen LogP contribution in [0.2, 0.25) is 0 Å². The van der Waals surface area contributed by atoms with E-state index in [-0.39, 0.29) is 5.82 Å². The van der Waals surface area contributed by atoms with Gasteiger partial charge in [-0.25, -0.2) is 14.4 Å². The molecular formula is C22H19FN2O3S2. The van der Waals surface area contributed by atoms with E-state index in [1.165, 1.54) is 23.9 Å². The molecule has 4 rings (SSSR count). The van der Waals surface area contributed by atoms with E-state index in [2.05, 4.69) is 4.98 Å². The van der Waals surface area contributed by atoms with Crippen LogP contribution < -0.4 is 9.47 Å². The van der Waals surface area contributed by atoms with Crippen molar-refractivity contribution in [1.82, 2.24) is 9.97 Å². The van der Waals surface area contributed by atoms with Gasteiger partial charge in [0.15, 0.2) is 17.3 Å². The normalized spacial score (nSPS) is 10.9. The minimum atomic E-state index is -0.280. The molecule has 0 radical (unpaired) electrons. The van der Waals surface area contributed by atoms with Gasteiger partial charge in [-0.3, -0.25) is 0 Å². The summed E-state index contributed by atoms with van der Waals surface area (Å²) in [5.74, 6) is 2.37. The van der Waals surface area contributed by atoms with Crippen molar-refractivity contribution in [3.8, 4) is 33.4 Å². The highest BCUT2D eigenvalue weighted by Gasteiger charge is 2.12. The van der Waals surface area contributed by atoms with Gasteiger partial charge in [-0.05, 0) is 49.4 Å². The van der Waals surface area contributed by atoms with Gasteiger partial charge in [0.1, 0.15) is 10.8 Å². The van der Waals surface area contributed by atoms with Crippen LogP contribution in [0.25, 0.3) is 21.9 Å². The Bertz CT molecular complexity index is 1130. The fourth-order valence-electron chi connectivity index (χ4n) is 2.79. The van der Waals surface area contributed by atoms with Crippen molar-refractivity contribution >= 4 is 23.1 Å². The number of hydrogen-bond acceptors (Lipinski definition) is 7. The Morgan fingerprint density at radius 3 is 2.67 bits per heavy atom. The molecule has 0 fully saturated rings. The van der Waals surface area contributed by atoms with Crippen molar-refractivity contribution in [2.75, 3.05) is 13.7 Å². The van der Waals surface area contributed by atoms with Gasteiger partial charge in [-0.2, -0.15) is 0 Å². The number of nitrogens with zero attached hydrogens (tertiary/aromatic N) is 2. The molecule has 2 heterocycles. The first kappa shape index (κ1) is 20.4. The minimum Gasteiger partial charge on any atom is -0.493 e. The van der Waals surface area contributed by atoms with Crippen LogP contribution in [-0.2, 0) is 5.75 Å². The molecule has 0 aliphatic heterocycles. The summed E-state index contributed by atoms with van der Waals surface area (Å²) >= 11 is 3.04. The number of methoxy groups -OCH3 is 1. The molecule has 0 N–H and O–H groups in total. The Morgan fingerprint density at radius 2 is 1.90 bits per heavy atom. The zero-order valence-electron chi connectivity index (χ0n) is 16.4. The van der Waals surface area contributed by atoms with Gasteiger partial charge in [0, 0.05) is 22.3 Å². The third-order valence-electron chi connectivity index (χ3n) is 4.22. The Morgan fingerprint density at radius 1 is 1.10 bits per heavy atom. The van der Waals surface area contributed by atoms with Gasteiger partial charge in [-0.15, -0.1) is 11.3 Å². The minimum absolute atomic E-state index is 0.280. The summed E-state index contributed by atoms with van der Waals surface area (Å²) in [7, 11) is 1.63. The van der Waals surface area contributed by atoms with Crippen LogP contribution in [-0.4, -0.2) is 23.7 Å². The Balaban J connectivity index is 1.42. The lowest BCUT2D eigenvalue weighted by atomic mass is 10.2. The van der Waals surface area contributed by atoms with Crippen LogP contribution in [0.3, 0.4) is 0 Å². The summed E-state index contributed by atoms with van der Waals surface area (Å²) in [4.78, 5) is 9.00. The number of ether oxygens (including phenoxy) is 2. The van der Waals surface area contributed by atoms with Gasteiger partial charge >= 0.3 is 0 Å². The lowest BCUT2D eigenvalue weighted by Gasteiger charge is -2.09. The van der Waals surface area contributed by atoms with Crippen molar-refractivity contribution < 1.29 is 18.3 Å². The molecule has 0 amide bonds. The summed E-state index contributed by atoms with van der Waals surface area (Å²) in [5.41, 5.74) is 2.71. The van der Waals surface area contributed by atoms with Gasteiger partial charge in [0.25, 0.3) is 5.22 Å².